The Kier molecular flexibility index (Phi) is 8.64. The molecule has 1 N–H and O–H groups in total. The molecule has 0 aliphatic heterocycles. The summed E-state index contributed by atoms with van der Waals surface area (Å²) < 4.78 is 5.85. The number of allylic oxidation sites excluding steroid dienone is 1. The Balaban J connectivity index is 1.39. The maximum atomic E-state index is 12.2. The Morgan fingerprint density at radius 3 is 2.60 bits per heavy atom. The maximum Gasteiger partial charge on any atom is 0.407 e. The minimum atomic E-state index is -0.214. The van der Waals surface area contributed by atoms with Gasteiger partial charge in [0.15, 0.2) is 0 Å². The molecule has 0 aromatic heterocycles. The summed E-state index contributed by atoms with van der Waals surface area (Å²) in [5.41, 5.74) is 2.48. The summed E-state index contributed by atoms with van der Waals surface area (Å²) in [6.45, 7) is 15.4. The zero-order chi connectivity index (χ0) is 25.2. The summed E-state index contributed by atoms with van der Waals surface area (Å²) in [5.74, 6) is 5.24. The third-order valence-electron chi connectivity index (χ3n) is 11.3. The van der Waals surface area contributed by atoms with E-state index in [4.69, 9.17) is 4.74 Å². The van der Waals surface area contributed by atoms with Crippen molar-refractivity contribution in [3.8, 4) is 0 Å². The molecule has 3 heteroatoms. The molecule has 3 saturated carbocycles. The van der Waals surface area contributed by atoms with E-state index >= 15 is 0 Å². The highest BCUT2D eigenvalue weighted by atomic mass is 16.6. The van der Waals surface area contributed by atoms with E-state index in [1.807, 2.05) is 0 Å². The number of fused-ring (bicyclic) bond motifs is 5. The average molecular weight is 486 g/mol. The molecule has 0 bridgehead atoms. The van der Waals surface area contributed by atoms with E-state index in [-0.39, 0.29) is 12.2 Å². The summed E-state index contributed by atoms with van der Waals surface area (Å²) >= 11 is 0. The molecule has 3 nitrogen and oxygen atoms in total. The van der Waals surface area contributed by atoms with Gasteiger partial charge in [-0.25, -0.2) is 4.79 Å². The minimum Gasteiger partial charge on any atom is -0.446 e. The molecule has 0 spiro atoms. The summed E-state index contributed by atoms with van der Waals surface area (Å²) in [4.78, 5) is 12.2. The first-order valence-corrected chi connectivity index (χ1v) is 15.3. The lowest BCUT2D eigenvalue weighted by Crippen LogP contribution is -2.51. The molecule has 8 atom stereocenters. The van der Waals surface area contributed by atoms with Gasteiger partial charge in [0.1, 0.15) is 6.10 Å². The molecule has 35 heavy (non-hydrogen) atoms. The second-order valence-corrected chi connectivity index (χ2v) is 13.8. The number of hydrogen-bond donors (Lipinski definition) is 1. The molecular weight excluding hydrogens is 430 g/mol. The number of carbonyl (C=O) groups excluding carboxylic acids is 1. The van der Waals surface area contributed by atoms with E-state index in [1.165, 1.54) is 57.8 Å². The molecule has 0 saturated heterocycles. The van der Waals surface area contributed by atoms with E-state index < -0.39 is 0 Å². The highest BCUT2D eigenvalue weighted by Crippen LogP contribution is 2.67. The number of ether oxygens (including phenoxy) is 1. The van der Waals surface area contributed by atoms with Gasteiger partial charge in [-0.3, -0.25) is 0 Å². The van der Waals surface area contributed by atoms with Gasteiger partial charge in [-0.15, -0.1) is 0 Å². The fourth-order valence-corrected chi connectivity index (χ4v) is 9.31. The summed E-state index contributed by atoms with van der Waals surface area (Å²) in [6.07, 6.45) is 19.0. The van der Waals surface area contributed by atoms with Crippen LogP contribution in [0.5, 0.6) is 0 Å². The standard InChI is InChI=1S/C32H55NO2/c1-7-8-20-33-30(34)35-25-16-18-31(5)24(21-25)12-13-26-28-15-14-27(23(4)11-9-10-22(2)3)32(28,6)19-17-29(26)31/h12,22-23,25-29H,7-11,13-21H2,1-6H3,(H,33,34)/t23-,25-,26+,27-,28+,29+,31-,32-/m0/s1. The van der Waals surface area contributed by atoms with Crippen molar-refractivity contribution in [3.63, 3.8) is 0 Å². The van der Waals surface area contributed by atoms with Gasteiger partial charge in [-0.05, 0) is 97.7 Å². The third-order valence-corrected chi connectivity index (χ3v) is 11.3. The molecule has 0 radical (unpaired) electrons. The van der Waals surface area contributed by atoms with Crippen molar-refractivity contribution in [2.24, 2.45) is 46.3 Å². The van der Waals surface area contributed by atoms with Crippen LogP contribution in [0.3, 0.4) is 0 Å². The van der Waals surface area contributed by atoms with E-state index in [2.05, 4.69) is 52.9 Å². The fraction of sp³-hybridized carbons (Fsp3) is 0.906. The molecule has 4 aliphatic carbocycles. The normalized spacial score (nSPS) is 39.3. The molecule has 0 heterocycles. The molecule has 0 unspecified atom stereocenters. The van der Waals surface area contributed by atoms with Crippen molar-refractivity contribution in [2.75, 3.05) is 6.54 Å². The topological polar surface area (TPSA) is 38.3 Å². The molecule has 1 amide bonds. The first kappa shape index (κ1) is 27.1. The highest BCUT2D eigenvalue weighted by molar-refractivity contribution is 5.67. The summed E-state index contributed by atoms with van der Waals surface area (Å²) in [7, 11) is 0. The Labute approximate surface area is 216 Å². The van der Waals surface area contributed by atoms with Gasteiger partial charge in [0.2, 0.25) is 0 Å². The van der Waals surface area contributed by atoms with Crippen LogP contribution in [0.15, 0.2) is 11.6 Å². The van der Waals surface area contributed by atoms with E-state index in [1.54, 1.807) is 5.57 Å². The minimum absolute atomic E-state index is 0.0592. The molecule has 200 valence electrons. The van der Waals surface area contributed by atoms with Gasteiger partial charge in [-0.1, -0.05) is 78.9 Å². The number of hydrogen-bond acceptors (Lipinski definition) is 2. The molecule has 0 aromatic rings. The van der Waals surface area contributed by atoms with Gasteiger partial charge >= 0.3 is 6.09 Å². The van der Waals surface area contributed by atoms with Crippen LogP contribution in [0, 0.1) is 46.3 Å². The molecule has 3 fully saturated rings. The van der Waals surface area contributed by atoms with E-state index in [9.17, 15) is 4.79 Å². The third kappa shape index (κ3) is 5.49. The Hall–Kier alpha value is -0.990. The lowest BCUT2D eigenvalue weighted by molar-refractivity contribution is -0.0581. The van der Waals surface area contributed by atoms with Gasteiger partial charge in [0.05, 0.1) is 0 Å². The van der Waals surface area contributed by atoms with Crippen LogP contribution in [-0.4, -0.2) is 18.7 Å². The predicted molar refractivity (Wildman–Crippen MR) is 146 cm³/mol. The number of alkyl carbamates (subject to hydrolysis) is 1. The number of nitrogens with one attached hydrogen (secondary N) is 1. The number of rotatable bonds is 9. The lowest BCUT2D eigenvalue weighted by Gasteiger charge is -2.58. The van der Waals surface area contributed by atoms with Crippen molar-refractivity contribution in [1.82, 2.24) is 5.32 Å². The molecule has 0 aromatic carbocycles. The van der Waals surface area contributed by atoms with Crippen molar-refractivity contribution in [3.05, 3.63) is 11.6 Å². The second kappa shape index (κ2) is 11.2. The maximum absolute atomic E-state index is 12.2. The van der Waals surface area contributed by atoms with E-state index in [0.717, 1.165) is 67.7 Å². The fourth-order valence-electron chi connectivity index (χ4n) is 9.31. The van der Waals surface area contributed by atoms with Gasteiger partial charge in [0.25, 0.3) is 0 Å². The first-order chi connectivity index (χ1) is 16.7. The van der Waals surface area contributed by atoms with Gasteiger partial charge in [0, 0.05) is 13.0 Å². The molecular formula is C32H55NO2. The number of unbranched alkanes of at least 4 members (excludes halogenated alkanes) is 1. The van der Waals surface area contributed by atoms with Crippen molar-refractivity contribution in [2.45, 2.75) is 131 Å². The van der Waals surface area contributed by atoms with Gasteiger partial charge < -0.3 is 10.1 Å². The summed E-state index contributed by atoms with van der Waals surface area (Å²) in [6, 6.07) is 0. The van der Waals surface area contributed by atoms with Crippen LogP contribution < -0.4 is 5.32 Å². The van der Waals surface area contributed by atoms with Crippen LogP contribution in [-0.2, 0) is 4.74 Å². The van der Waals surface area contributed by atoms with Crippen LogP contribution in [0.1, 0.15) is 125 Å². The van der Waals surface area contributed by atoms with Crippen LogP contribution in [0.4, 0.5) is 4.79 Å². The first-order valence-electron chi connectivity index (χ1n) is 15.3. The Bertz CT molecular complexity index is 759. The number of amides is 1. The average Bonchev–Trinajstić information content (AvgIpc) is 3.16. The second-order valence-electron chi connectivity index (χ2n) is 13.8. The number of carbonyl (C=O) groups is 1. The predicted octanol–water partition coefficient (Wildman–Crippen LogP) is 8.92. The van der Waals surface area contributed by atoms with Crippen molar-refractivity contribution in [1.29, 1.82) is 0 Å². The SMILES string of the molecule is CCCCNC(=O)O[C@H]1CC[C@@]2(C)C(=CC[C@@H]3[C@H]4CC[C@@H]([C@@H](C)CCCC(C)C)[C@]4(C)CC[C@H]32)C1. The van der Waals surface area contributed by atoms with Crippen LogP contribution in [0.25, 0.3) is 0 Å². The highest BCUT2D eigenvalue weighted by Gasteiger charge is 2.59. The Morgan fingerprint density at radius 1 is 1.06 bits per heavy atom. The smallest absolute Gasteiger partial charge is 0.407 e. The summed E-state index contributed by atoms with van der Waals surface area (Å²) in [5, 5.41) is 2.94. The largest absolute Gasteiger partial charge is 0.446 e. The monoisotopic (exact) mass is 485 g/mol. The van der Waals surface area contributed by atoms with Crippen molar-refractivity contribution < 1.29 is 9.53 Å². The van der Waals surface area contributed by atoms with Gasteiger partial charge in [-0.2, -0.15) is 0 Å². The zero-order valence-electron chi connectivity index (χ0n) is 23.8. The van der Waals surface area contributed by atoms with E-state index in [0.29, 0.717) is 10.8 Å². The quantitative estimate of drug-likeness (QED) is 0.261. The molecule has 4 rings (SSSR count). The lowest BCUT2D eigenvalue weighted by atomic mass is 9.47. The molecule has 4 aliphatic rings. The Morgan fingerprint density at radius 2 is 1.86 bits per heavy atom. The van der Waals surface area contributed by atoms with Crippen molar-refractivity contribution >= 4 is 6.09 Å². The zero-order valence-corrected chi connectivity index (χ0v) is 23.8. The van der Waals surface area contributed by atoms with Crippen LogP contribution in [0.2, 0.25) is 0 Å². The van der Waals surface area contributed by atoms with Crippen LogP contribution >= 0.6 is 0 Å².